The van der Waals surface area contributed by atoms with E-state index in [1.807, 2.05) is 0 Å². The van der Waals surface area contributed by atoms with Crippen LogP contribution in [0.2, 0.25) is 0 Å². The van der Waals surface area contributed by atoms with Crippen LogP contribution < -0.4 is 14.8 Å². The molecule has 0 atom stereocenters. The molecule has 35 heavy (non-hydrogen) atoms. The summed E-state index contributed by atoms with van der Waals surface area (Å²) >= 11 is 0. The quantitative estimate of drug-likeness (QED) is 0.281. The summed E-state index contributed by atoms with van der Waals surface area (Å²) in [5.74, 6) is -0.361. The third-order valence-electron chi connectivity index (χ3n) is 5.80. The summed E-state index contributed by atoms with van der Waals surface area (Å²) in [6.45, 7) is 0. The van der Waals surface area contributed by atoms with Gasteiger partial charge in [0.1, 0.15) is 10.6 Å². The van der Waals surface area contributed by atoms with Gasteiger partial charge in [0.25, 0.3) is 0 Å². The van der Waals surface area contributed by atoms with E-state index in [9.17, 15) is 18.0 Å². The van der Waals surface area contributed by atoms with E-state index in [0.29, 0.717) is 23.5 Å². The summed E-state index contributed by atoms with van der Waals surface area (Å²) in [7, 11) is -2.73. The van der Waals surface area contributed by atoms with Crippen molar-refractivity contribution in [2.45, 2.75) is 55.9 Å². The van der Waals surface area contributed by atoms with E-state index in [0.717, 1.165) is 18.5 Å². The van der Waals surface area contributed by atoms with E-state index < -0.39 is 10.1 Å². The maximum atomic E-state index is 12.8. The van der Waals surface area contributed by atoms with Crippen molar-refractivity contribution in [3.8, 4) is 5.75 Å². The lowest BCUT2D eigenvalue weighted by molar-refractivity contribution is -0.140. The second-order valence-corrected chi connectivity index (χ2v) is 9.98. The number of hydrogen-bond donors (Lipinski definition) is 3. The van der Waals surface area contributed by atoms with E-state index in [1.54, 1.807) is 18.2 Å². The number of imidazole rings is 1. The van der Waals surface area contributed by atoms with Crippen LogP contribution in [0.1, 0.15) is 44.9 Å². The first-order chi connectivity index (χ1) is 16.8. The van der Waals surface area contributed by atoms with Gasteiger partial charge in [0.05, 0.1) is 18.1 Å². The fourth-order valence-corrected chi connectivity index (χ4v) is 4.91. The predicted octanol–water partition coefficient (Wildman–Crippen LogP) is 3.97. The Morgan fingerprint density at radius 3 is 2.54 bits per heavy atom. The zero-order valence-corrected chi connectivity index (χ0v) is 20.2. The highest BCUT2D eigenvalue weighted by atomic mass is 32.2. The summed E-state index contributed by atoms with van der Waals surface area (Å²) in [6, 6.07) is 11.6. The zero-order chi connectivity index (χ0) is 24.8. The van der Waals surface area contributed by atoms with Crippen molar-refractivity contribution >= 4 is 44.7 Å². The molecule has 1 fully saturated rings. The molecule has 11 heteroatoms. The number of ether oxygens (including phenoxy) is 1. The zero-order valence-electron chi connectivity index (χ0n) is 19.4. The topological polar surface area (TPSA) is 139 Å². The summed E-state index contributed by atoms with van der Waals surface area (Å²) < 4.78 is 35.4. The Balaban J connectivity index is 1.37. The van der Waals surface area contributed by atoms with Crippen molar-refractivity contribution in [1.29, 1.82) is 0 Å². The van der Waals surface area contributed by atoms with Crippen molar-refractivity contribution in [1.82, 2.24) is 9.97 Å². The molecular formula is C24H28N4O6S. The molecule has 0 unspecified atom stereocenters. The van der Waals surface area contributed by atoms with Gasteiger partial charge < -0.3 is 19.2 Å². The van der Waals surface area contributed by atoms with E-state index in [1.165, 1.54) is 44.2 Å². The molecule has 3 aromatic rings. The lowest BCUT2D eigenvalue weighted by Crippen LogP contribution is -2.14. The smallest absolute Gasteiger partial charge is 0.339 e. The highest BCUT2D eigenvalue weighted by Crippen LogP contribution is 2.26. The highest BCUT2D eigenvalue weighted by Gasteiger charge is 2.19. The molecular weight excluding hydrogens is 472 g/mol. The second-order valence-electron chi connectivity index (χ2n) is 8.43. The van der Waals surface area contributed by atoms with Crippen LogP contribution in [-0.4, -0.2) is 43.4 Å². The number of carbonyl (C=O) groups is 2. The van der Waals surface area contributed by atoms with Gasteiger partial charge in [0, 0.05) is 30.6 Å². The lowest BCUT2D eigenvalue weighted by Gasteiger charge is -2.14. The number of amides is 1. The standard InChI is InChI=1S/C24H28N4O6S/c1-33-23(30)8-4-7-22(29)28-24-26-20-14-11-18(15-21(20)27-24)34-35(31,32)19-12-9-17(10-13-19)25-16-5-2-3-6-16/h9-16,25H,2-8H2,1H3,(H2,26,27,28,29). The number of esters is 1. The van der Waals surface area contributed by atoms with Gasteiger partial charge in [-0.05, 0) is 55.7 Å². The van der Waals surface area contributed by atoms with Gasteiger partial charge in [-0.15, -0.1) is 0 Å². The molecule has 0 saturated heterocycles. The van der Waals surface area contributed by atoms with Crippen molar-refractivity contribution in [3.63, 3.8) is 0 Å². The molecule has 1 heterocycles. The first-order valence-electron chi connectivity index (χ1n) is 11.5. The number of fused-ring (bicyclic) bond motifs is 1. The van der Waals surface area contributed by atoms with Crippen molar-refractivity contribution in [2.24, 2.45) is 0 Å². The number of methoxy groups -OCH3 is 1. The Bertz CT molecular complexity index is 1300. The molecule has 0 spiro atoms. The van der Waals surface area contributed by atoms with Crippen LogP contribution in [0.3, 0.4) is 0 Å². The number of rotatable bonds is 10. The number of nitrogens with one attached hydrogen (secondary N) is 3. The number of hydrogen-bond acceptors (Lipinski definition) is 8. The summed E-state index contributed by atoms with van der Waals surface area (Å²) in [5.41, 5.74) is 1.91. The average molecular weight is 501 g/mol. The molecule has 1 aliphatic carbocycles. The van der Waals surface area contributed by atoms with Gasteiger partial charge in [-0.1, -0.05) is 12.8 Å². The number of carbonyl (C=O) groups excluding carboxylic acids is 2. The molecule has 1 amide bonds. The number of aromatic amines is 1. The molecule has 4 rings (SSSR count). The van der Waals surface area contributed by atoms with E-state index >= 15 is 0 Å². The number of nitrogens with zero attached hydrogens (tertiary/aromatic N) is 1. The minimum absolute atomic E-state index is 0.0523. The Morgan fingerprint density at radius 1 is 1.09 bits per heavy atom. The second kappa shape index (κ2) is 10.8. The van der Waals surface area contributed by atoms with E-state index in [-0.39, 0.29) is 41.3 Å². The first-order valence-corrected chi connectivity index (χ1v) is 12.9. The van der Waals surface area contributed by atoms with Crippen LogP contribution >= 0.6 is 0 Å². The molecule has 0 aliphatic heterocycles. The van der Waals surface area contributed by atoms with Crippen LogP contribution in [-0.2, 0) is 24.4 Å². The SMILES string of the molecule is COC(=O)CCCC(=O)Nc1nc2cc(OS(=O)(=O)c3ccc(NC4CCCC4)cc3)ccc2[nH]1. The Labute approximate surface area is 203 Å². The highest BCUT2D eigenvalue weighted by molar-refractivity contribution is 7.87. The number of aromatic nitrogens is 2. The fourth-order valence-electron chi connectivity index (χ4n) is 3.99. The number of H-pyrrole nitrogens is 1. The van der Waals surface area contributed by atoms with Gasteiger partial charge in [-0.3, -0.25) is 14.9 Å². The van der Waals surface area contributed by atoms with Gasteiger partial charge in [-0.25, -0.2) is 4.98 Å². The minimum atomic E-state index is -4.03. The van der Waals surface area contributed by atoms with Crippen molar-refractivity contribution in [2.75, 3.05) is 17.7 Å². The monoisotopic (exact) mass is 500 g/mol. The largest absolute Gasteiger partial charge is 0.469 e. The third-order valence-corrected chi connectivity index (χ3v) is 7.06. The van der Waals surface area contributed by atoms with Gasteiger partial charge in [0.15, 0.2) is 0 Å². The summed E-state index contributed by atoms with van der Waals surface area (Å²) in [5, 5.41) is 6.05. The maximum absolute atomic E-state index is 12.8. The van der Waals surface area contributed by atoms with Gasteiger partial charge >= 0.3 is 16.1 Å². The Hall–Kier alpha value is -3.60. The Kier molecular flexibility index (Phi) is 7.54. The maximum Gasteiger partial charge on any atom is 0.339 e. The molecule has 3 N–H and O–H groups in total. The van der Waals surface area contributed by atoms with Crippen molar-refractivity contribution in [3.05, 3.63) is 42.5 Å². The normalized spacial score (nSPS) is 14.1. The van der Waals surface area contributed by atoms with Gasteiger partial charge in [-0.2, -0.15) is 8.42 Å². The molecule has 2 aromatic carbocycles. The number of benzene rings is 2. The minimum Gasteiger partial charge on any atom is -0.469 e. The average Bonchev–Trinajstić information content (AvgIpc) is 3.48. The first kappa shape index (κ1) is 24.5. The molecule has 0 bridgehead atoms. The van der Waals surface area contributed by atoms with Crippen molar-refractivity contribution < 1.29 is 26.9 Å². The number of anilines is 2. The van der Waals surface area contributed by atoms with Crippen LogP contribution in [0.25, 0.3) is 11.0 Å². The molecule has 1 aromatic heterocycles. The summed E-state index contributed by atoms with van der Waals surface area (Å²) in [6.07, 6.45) is 5.31. The lowest BCUT2D eigenvalue weighted by atomic mass is 10.2. The molecule has 1 saturated carbocycles. The fraction of sp³-hybridized carbons (Fsp3) is 0.375. The van der Waals surface area contributed by atoms with Crippen LogP contribution in [0.4, 0.5) is 11.6 Å². The Morgan fingerprint density at radius 2 is 1.83 bits per heavy atom. The molecule has 1 aliphatic rings. The van der Waals surface area contributed by atoms with Crippen LogP contribution in [0.5, 0.6) is 5.75 Å². The van der Waals surface area contributed by atoms with Gasteiger partial charge in [0.2, 0.25) is 11.9 Å². The van der Waals surface area contributed by atoms with Crippen LogP contribution in [0.15, 0.2) is 47.4 Å². The van der Waals surface area contributed by atoms with Crippen LogP contribution in [0, 0.1) is 0 Å². The summed E-state index contributed by atoms with van der Waals surface area (Å²) in [4.78, 5) is 30.5. The molecule has 10 nitrogen and oxygen atoms in total. The van der Waals surface area contributed by atoms with E-state index in [4.69, 9.17) is 4.18 Å². The molecule has 186 valence electrons. The van der Waals surface area contributed by atoms with E-state index in [2.05, 4.69) is 25.3 Å². The predicted molar refractivity (Wildman–Crippen MR) is 131 cm³/mol. The third kappa shape index (κ3) is 6.50. The molecule has 0 radical (unpaired) electrons.